The molecule has 0 amide bonds. The minimum atomic E-state index is -1.10. The van der Waals surface area contributed by atoms with Crippen LogP contribution in [-0.2, 0) is 11.0 Å². The number of oxazole rings is 1. The molecule has 35 heavy (non-hydrogen) atoms. The second-order valence-electron chi connectivity index (χ2n) is 9.61. The molecular formula is C26H23F2N5O2. The lowest BCUT2D eigenvalue weighted by molar-refractivity contribution is 0.0485. The molecule has 9 heteroatoms. The second kappa shape index (κ2) is 7.71. The van der Waals surface area contributed by atoms with Gasteiger partial charge in [-0.15, -0.1) is 5.10 Å². The first kappa shape index (κ1) is 21.9. The molecule has 0 radical (unpaired) electrons. The van der Waals surface area contributed by atoms with Crippen molar-refractivity contribution in [3.8, 4) is 22.8 Å². The Morgan fingerprint density at radius 1 is 1.14 bits per heavy atom. The van der Waals surface area contributed by atoms with Crippen molar-refractivity contribution in [2.24, 2.45) is 0 Å². The molecule has 0 spiro atoms. The predicted octanol–water partition coefficient (Wildman–Crippen LogP) is 5.05. The van der Waals surface area contributed by atoms with Crippen LogP contribution in [-0.4, -0.2) is 30.3 Å². The Kier molecular flexibility index (Phi) is 4.83. The number of rotatable bonds is 5. The third-order valence-corrected chi connectivity index (χ3v) is 7.54. The van der Waals surface area contributed by atoms with Crippen LogP contribution in [0.4, 0.5) is 8.78 Å². The molecule has 2 bridgehead atoms. The van der Waals surface area contributed by atoms with Gasteiger partial charge >= 0.3 is 0 Å². The summed E-state index contributed by atoms with van der Waals surface area (Å²) in [5.74, 6) is -0.845. The van der Waals surface area contributed by atoms with Crippen LogP contribution in [0.15, 0.2) is 47.3 Å². The maximum absolute atomic E-state index is 14.4. The minimum Gasteiger partial charge on any atom is -0.443 e. The molecule has 1 N–H and O–H groups in total. The van der Waals surface area contributed by atoms with E-state index in [2.05, 4.69) is 20.2 Å². The quantitative estimate of drug-likeness (QED) is 0.431. The van der Waals surface area contributed by atoms with E-state index in [9.17, 15) is 13.9 Å². The first-order valence-electron chi connectivity index (χ1n) is 11.7. The molecule has 4 aromatic rings. The van der Waals surface area contributed by atoms with Gasteiger partial charge in [0.1, 0.15) is 34.9 Å². The molecule has 1 fully saturated rings. The maximum atomic E-state index is 14.4. The summed E-state index contributed by atoms with van der Waals surface area (Å²) in [6, 6.07) is 5.53. The zero-order valence-electron chi connectivity index (χ0n) is 19.3. The molecule has 3 atom stereocenters. The Labute approximate surface area is 200 Å². The summed E-state index contributed by atoms with van der Waals surface area (Å²) in [6.45, 7) is 3.55. The third-order valence-electron chi connectivity index (χ3n) is 7.54. The van der Waals surface area contributed by atoms with Crippen molar-refractivity contribution < 1.29 is 18.3 Å². The fourth-order valence-corrected chi connectivity index (χ4v) is 5.35. The SMILES string of the molecule is CC[C@@](C)(O)c1coc(-c2cncc([C@]34CC[C@H](C3)c3cc(-c5c(F)cccc5F)nnc34)n2)n1. The summed E-state index contributed by atoms with van der Waals surface area (Å²) < 4.78 is 34.3. The molecule has 2 aliphatic rings. The molecule has 3 aromatic heterocycles. The van der Waals surface area contributed by atoms with Gasteiger partial charge in [0.15, 0.2) is 0 Å². The lowest BCUT2D eigenvalue weighted by Crippen LogP contribution is -2.26. The van der Waals surface area contributed by atoms with Gasteiger partial charge in [0.25, 0.3) is 0 Å². The van der Waals surface area contributed by atoms with Crippen molar-refractivity contribution in [3.05, 3.63) is 77.2 Å². The van der Waals surface area contributed by atoms with E-state index in [0.717, 1.165) is 36.2 Å². The Bertz CT molecular complexity index is 1430. The van der Waals surface area contributed by atoms with E-state index in [1.807, 2.05) is 6.92 Å². The van der Waals surface area contributed by atoms with Gasteiger partial charge in [-0.1, -0.05) is 13.0 Å². The first-order chi connectivity index (χ1) is 16.8. The van der Waals surface area contributed by atoms with Crippen LogP contribution < -0.4 is 0 Å². The summed E-state index contributed by atoms with van der Waals surface area (Å²) in [5.41, 5.74) is 1.82. The largest absolute Gasteiger partial charge is 0.443 e. The van der Waals surface area contributed by atoms with Crippen LogP contribution in [0.5, 0.6) is 0 Å². The summed E-state index contributed by atoms with van der Waals surface area (Å²) in [7, 11) is 0. The van der Waals surface area contributed by atoms with Gasteiger partial charge in [-0.05, 0) is 62.3 Å². The molecule has 3 heterocycles. The van der Waals surface area contributed by atoms with Crippen molar-refractivity contribution in [3.63, 3.8) is 0 Å². The number of benzene rings is 1. The minimum absolute atomic E-state index is 0.163. The number of hydrogen-bond acceptors (Lipinski definition) is 7. The monoisotopic (exact) mass is 475 g/mol. The van der Waals surface area contributed by atoms with Gasteiger partial charge < -0.3 is 9.52 Å². The van der Waals surface area contributed by atoms with E-state index >= 15 is 0 Å². The first-order valence-corrected chi connectivity index (χ1v) is 11.7. The van der Waals surface area contributed by atoms with Crippen LogP contribution >= 0.6 is 0 Å². The number of fused-ring (bicyclic) bond motifs is 5. The van der Waals surface area contributed by atoms with Crippen molar-refractivity contribution >= 4 is 0 Å². The van der Waals surface area contributed by atoms with Gasteiger partial charge in [0.05, 0.1) is 34.3 Å². The van der Waals surface area contributed by atoms with Gasteiger partial charge in [-0.2, -0.15) is 5.10 Å². The van der Waals surface area contributed by atoms with Crippen molar-refractivity contribution in [1.82, 2.24) is 25.1 Å². The van der Waals surface area contributed by atoms with Crippen LogP contribution in [0.1, 0.15) is 68.1 Å². The molecule has 6 rings (SSSR count). The lowest BCUT2D eigenvalue weighted by Gasteiger charge is -2.26. The molecule has 0 aliphatic heterocycles. The average molecular weight is 475 g/mol. The number of halogens is 2. The van der Waals surface area contributed by atoms with E-state index in [-0.39, 0.29) is 23.1 Å². The molecule has 178 valence electrons. The van der Waals surface area contributed by atoms with E-state index in [4.69, 9.17) is 9.40 Å². The number of nitrogens with zero attached hydrogens (tertiary/aromatic N) is 5. The zero-order valence-corrected chi connectivity index (χ0v) is 19.3. The van der Waals surface area contributed by atoms with Gasteiger partial charge in [0, 0.05) is 6.20 Å². The highest BCUT2D eigenvalue weighted by Gasteiger charge is 2.53. The summed E-state index contributed by atoms with van der Waals surface area (Å²) in [5, 5.41) is 19.2. The predicted molar refractivity (Wildman–Crippen MR) is 122 cm³/mol. The molecule has 2 aliphatic carbocycles. The summed E-state index contributed by atoms with van der Waals surface area (Å²) >= 11 is 0. The topological polar surface area (TPSA) is 97.8 Å². The number of aliphatic hydroxyl groups is 1. The molecule has 1 aromatic carbocycles. The van der Waals surface area contributed by atoms with Gasteiger partial charge in [0.2, 0.25) is 5.89 Å². The maximum Gasteiger partial charge on any atom is 0.247 e. The van der Waals surface area contributed by atoms with Crippen LogP contribution in [0.2, 0.25) is 0 Å². The van der Waals surface area contributed by atoms with E-state index in [1.165, 1.54) is 24.5 Å². The normalized spacial score (nSPS) is 22.3. The Hall–Kier alpha value is -3.59. The van der Waals surface area contributed by atoms with E-state index in [0.29, 0.717) is 17.8 Å². The van der Waals surface area contributed by atoms with Crippen LogP contribution in [0, 0.1) is 11.6 Å². The standard InChI is InChI=1S/C26H23F2N5O2/c1-3-25(2,34)21-13-35-24(31-21)19-11-29-12-20(30-19)26-8-7-14(10-26)15-9-18(32-33-23(15)26)22-16(27)5-4-6-17(22)28/h4-6,9,11-14,34H,3,7-8,10H2,1-2H3/t14-,25-,26+/m1/s1. The third kappa shape index (κ3) is 3.29. The Morgan fingerprint density at radius 3 is 2.71 bits per heavy atom. The molecule has 0 unspecified atom stereocenters. The number of aromatic nitrogens is 5. The van der Waals surface area contributed by atoms with Crippen molar-refractivity contribution in [2.75, 3.05) is 0 Å². The van der Waals surface area contributed by atoms with Gasteiger partial charge in [-0.3, -0.25) is 4.98 Å². The fourth-order valence-electron chi connectivity index (χ4n) is 5.35. The van der Waals surface area contributed by atoms with E-state index < -0.39 is 22.7 Å². The Balaban J connectivity index is 1.40. The Morgan fingerprint density at radius 2 is 1.94 bits per heavy atom. The highest BCUT2D eigenvalue weighted by molar-refractivity contribution is 5.63. The molecule has 0 saturated heterocycles. The average Bonchev–Trinajstić information content (AvgIpc) is 3.60. The highest BCUT2D eigenvalue weighted by atomic mass is 19.1. The second-order valence-corrected chi connectivity index (χ2v) is 9.61. The zero-order chi connectivity index (χ0) is 24.4. The van der Waals surface area contributed by atoms with Crippen molar-refractivity contribution in [1.29, 1.82) is 0 Å². The lowest BCUT2D eigenvalue weighted by atomic mass is 9.80. The molecule has 7 nitrogen and oxygen atoms in total. The molecule has 1 saturated carbocycles. The summed E-state index contributed by atoms with van der Waals surface area (Å²) in [6.07, 6.45) is 7.74. The smallest absolute Gasteiger partial charge is 0.247 e. The number of hydrogen-bond donors (Lipinski definition) is 1. The van der Waals surface area contributed by atoms with Crippen molar-refractivity contribution in [2.45, 2.75) is 56.5 Å². The fraction of sp³-hybridized carbons (Fsp3) is 0.346. The van der Waals surface area contributed by atoms with Crippen LogP contribution in [0.3, 0.4) is 0 Å². The summed E-state index contributed by atoms with van der Waals surface area (Å²) in [4.78, 5) is 13.7. The molecular weight excluding hydrogens is 452 g/mol. The van der Waals surface area contributed by atoms with E-state index in [1.54, 1.807) is 25.4 Å². The van der Waals surface area contributed by atoms with Crippen LogP contribution in [0.25, 0.3) is 22.8 Å². The highest BCUT2D eigenvalue weighted by Crippen LogP contribution is 2.59. The van der Waals surface area contributed by atoms with Gasteiger partial charge in [-0.25, -0.2) is 18.7 Å².